The van der Waals surface area contributed by atoms with Crippen LogP contribution in [0.5, 0.6) is 0 Å². The standard InChI is InChI=1S/C22H29N3O2/c1-3-13-25(14-4-2)22(27)18-8-6-10-20(16-18)24-21(26)12-11-17-7-5-9-19(23)15-17/h5-10,15-16H,3-4,11-14,23H2,1-2H3,(H,24,26). The smallest absolute Gasteiger partial charge is 0.253 e. The van der Waals surface area contributed by atoms with Crippen molar-refractivity contribution < 1.29 is 9.59 Å². The topological polar surface area (TPSA) is 75.4 Å². The lowest BCUT2D eigenvalue weighted by molar-refractivity contribution is -0.116. The molecular weight excluding hydrogens is 338 g/mol. The molecule has 2 amide bonds. The lowest BCUT2D eigenvalue weighted by atomic mass is 10.1. The highest BCUT2D eigenvalue weighted by molar-refractivity contribution is 5.97. The Morgan fingerprint density at radius 2 is 1.70 bits per heavy atom. The number of nitrogens with two attached hydrogens (primary N) is 1. The van der Waals surface area contributed by atoms with Gasteiger partial charge in [0.05, 0.1) is 0 Å². The molecule has 0 aliphatic rings. The second-order valence-electron chi connectivity index (χ2n) is 6.67. The molecule has 0 unspecified atom stereocenters. The van der Waals surface area contributed by atoms with Crippen molar-refractivity contribution in [3.05, 3.63) is 59.7 Å². The zero-order valence-electron chi connectivity index (χ0n) is 16.2. The molecule has 0 aromatic heterocycles. The zero-order chi connectivity index (χ0) is 19.6. The number of benzene rings is 2. The summed E-state index contributed by atoms with van der Waals surface area (Å²) >= 11 is 0. The highest BCUT2D eigenvalue weighted by Gasteiger charge is 2.15. The molecule has 0 saturated carbocycles. The normalized spacial score (nSPS) is 10.4. The molecule has 0 aliphatic carbocycles. The van der Waals surface area contributed by atoms with Gasteiger partial charge in [-0.2, -0.15) is 0 Å². The van der Waals surface area contributed by atoms with Crippen LogP contribution in [0, 0.1) is 0 Å². The molecule has 5 nitrogen and oxygen atoms in total. The molecule has 0 aliphatic heterocycles. The van der Waals surface area contributed by atoms with E-state index in [-0.39, 0.29) is 11.8 Å². The van der Waals surface area contributed by atoms with Gasteiger partial charge in [-0.1, -0.05) is 32.0 Å². The van der Waals surface area contributed by atoms with Gasteiger partial charge in [-0.05, 0) is 55.2 Å². The Bertz CT molecular complexity index is 768. The number of amides is 2. The number of rotatable bonds is 9. The summed E-state index contributed by atoms with van der Waals surface area (Å²) < 4.78 is 0. The van der Waals surface area contributed by atoms with Crippen LogP contribution in [0.15, 0.2) is 48.5 Å². The van der Waals surface area contributed by atoms with Crippen molar-refractivity contribution in [1.82, 2.24) is 4.90 Å². The van der Waals surface area contributed by atoms with Gasteiger partial charge in [0.25, 0.3) is 5.91 Å². The van der Waals surface area contributed by atoms with E-state index in [1.54, 1.807) is 24.3 Å². The van der Waals surface area contributed by atoms with Crippen LogP contribution < -0.4 is 11.1 Å². The summed E-state index contributed by atoms with van der Waals surface area (Å²) in [6.07, 6.45) is 2.83. The van der Waals surface area contributed by atoms with Crippen LogP contribution in [0.2, 0.25) is 0 Å². The van der Waals surface area contributed by atoms with E-state index in [0.29, 0.717) is 29.8 Å². The van der Waals surface area contributed by atoms with Crippen LogP contribution in [0.25, 0.3) is 0 Å². The third kappa shape index (κ3) is 6.44. The summed E-state index contributed by atoms with van der Waals surface area (Å²) in [7, 11) is 0. The zero-order valence-corrected chi connectivity index (χ0v) is 16.2. The number of nitrogens with zero attached hydrogens (tertiary/aromatic N) is 1. The molecule has 0 radical (unpaired) electrons. The molecule has 0 bridgehead atoms. The van der Waals surface area contributed by atoms with Gasteiger partial charge in [0.1, 0.15) is 0 Å². The maximum Gasteiger partial charge on any atom is 0.253 e. The summed E-state index contributed by atoms with van der Waals surface area (Å²) in [5, 5.41) is 2.88. The van der Waals surface area contributed by atoms with E-state index >= 15 is 0 Å². The molecular formula is C22H29N3O2. The minimum atomic E-state index is -0.0824. The van der Waals surface area contributed by atoms with Crippen molar-refractivity contribution in [2.75, 3.05) is 24.1 Å². The largest absolute Gasteiger partial charge is 0.399 e. The average molecular weight is 367 g/mol. The van der Waals surface area contributed by atoms with Gasteiger partial charge in [0.15, 0.2) is 0 Å². The maximum atomic E-state index is 12.7. The van der Waals surface area contributed by atoms with Crippen LogP contribution in [-0.2, 0) is 11.2 Å². The summed E-state index contributed by atoms with van der Waals surface area (Å²) in [4.78, 5) is 26.8. The molecule has 0 heterocycles. The van der Waals surface area contributed by atoms with Gasteiger partial charge in [-0.15, -0.1) is 0 Å². The van der Waals surface area contributed by atoms with Crippen LogP contribution >= 0.6 is 0 Å². The van der Waals surface area contributed by atoms with Gasteiger partial charge < -0.3 is 16.0 Å². The van der Waals surface area contributed by atoms with Crippen LogP contribution in [0.3, 0.4) is 0 Å². The lowest BCUT2D eigenvalue weighted by Gasteiger charge is -2.21. The summed E-state index contributed by atoms with van der Waals surface area (Å²) in [6.45, 7) is 5.60. The van der Waals surface area contributed by atoms with E-state index < -0.39 is 0 Å². The molecule has 144 valence electrons. The first-order valence-corrected chi connectivity index (χ1v) is 9.57. The Morgan fingerprint density at radius 3 is 2.37 bits per heavy atom. The highest BCUT2D eigenvalue weighted by atomic mass is 16.2. The third-order valence-corrected chi connectivity index (χ3v) is 4.26. The van der Waals surface area contributed by atoms with E-state index in [1.165, 1.54) is 0 Å². The van der Waals surface area contributed by atoms with Gasteiger partial charge in [-0.3, -0.25) is 9.59 Å². The molecule has 2 rings (SSSR count). The second-order valence-corrected chi connectivity index (χ2v) is 6.67. The van der Waals surface area contributed by atoms with Crippen LogP contribution in [0.4, 0.5) is 11.4 Å². The molecule has 0 spiro atoms. The van der Waals surface area contributed by atoms with E-state index in [0.717, 1.165) is 31.5 Å². The average Bonchev–Trinajstić information content (AvgIpc) is 2.66. The number of anilines is 2. The van der Waals surface area contributed by atoms with Gasteiger partial charge in [-0.25, -0.2) is 0 Å². The van der Waals surface area contributed by atoms with Crippen molar-refractivity contribution >= 4 is 23.2 Å². The molecule has 0 saturated heterocycles. The Kier molecular flexibility index (Phi) is 7.86. The quantitative estimate of drug-likeness (QED) is 0.655. The summed E-state index contributed by atoms with van der Waals surface area (Å²) in [5.41, 5.74) is 8.74. The Hall–Kier alpha value is -2.82. The predicted octanol–water partition coefficient (Wildman–Crippen LogP) is 4.10. The fourth-order valence-corrected chi connectivity index (χ4v) is 3.00. The Labute approximate surface area is 161 Å². The van der Waals surface area contributed by atoms with Crippen molar-refractivity contribution in [3.63, 3.8) is 0 Å². The first-order chi connectivity index (χ1) is 13.0. The number of carbonyl (C=O) groups excluding carboxylic acids is 2. The van der Waals surface area contributed by atoms with Crippen LogP contribution in [0.1, 0.15) is 49.0 Å². The number of carbonyl (C=O) groups is 2. The monoisotopic (exact) mass is 367 g/mol. The summed E-state index contributed by atoms with van der Waals surface area (Å²) in [6, 6.07) is 14.7. The molecule has 0 atom stereocenters. The number of nitrogen functional groups attached to an aromatic ring is 1. The molecule has 2 aromatic rings. The fourth-order valence-electron chi connectivity index (χ4n) is 3.00. The van der Waals surface area contributed by atoms with Gasteiger partial charge in [0, 0.05) is 36.4 Å². The minimum absolute atomic E-state index is 0.00885. The first-order valence-electron chi connectivity index (χ1n) is 9.57. The van der Waals surface area contributed by atoms with E-state index in [1.807, 2.05) is 29.2 Å². The SMILES string of the molecule is CCCN(CCC)C(=O)c1cccc(NC(=O)CCc2cccc(N)c2)c1. The fraction of sp³-hybridized carbons (Fsp3) is 0.364. The molecule has 2 aromatic carbocycles. The molecule has 5 heteroatoms. The molecule has 27 heavy (non-hydrogen) atoms. The van der Waals surface area contributed by atoms with E-state index in [9.17, 15) is 9.59 Å². The number of hydrogen-bond donors (Lipinski definition) is 2. The van der Waals surface area contributed by atoms with Crippen molar-refractivity contribution in [3.8, 4) is 0 Å². The van der Waals surface area contributed by atoms with Crippen LogP contribution in [-0.4, -0.2) is 29.8 Å². The number of hydrogen-bond acceptors (Lipinski definition) is 3. The van der Waals surface area contributed by atoms with E-state index in [4.69, 9.17) is 5.73 Å². The lowest BCUT2D eigenvalue weighted by Crippen LogP contribution is -2.32. The van der Waals surface area contributed by atoms with Crippen molar-refractivity contribution in [1.29, 1.82) is 0 Å². The predicted molar refractivity (Wildman–Crippen MR) is 111 cm³/mol. The minimum Gasteiger partial charge on any atom is -0.399 e. The summed E-state index contributed by atoms with van der Waals surface area (Å²) in [5.74, 6) is -0.0736. The first kappa shape index (κ1) is 20.5. The van der Waals surface area contributed by atoms with E-state index in [2.05, 4.69) is 19.2 Å². The third-order valence-electron chi connectivity index (χ3n) is 4.26. The maximum absolute atomic E-state index is 12.7. The van der Waals surface area contributed by atoms with Crippen molar-refractivity contribution in [2.45, 2.75) is 39.5 Å². The highest BCUT2D eigenvalue weighted by Crippen LogP contribution is 2.15. The second kappa shape index (κ2) is 10.4. The Balaban J connectivity index is 1.97. The number of aryl methyl sites for hydroxylation is 1. The number of nitrogens with one attached hydrogen (secondary N) is 1. The van der Waals surface area contributed by atoms with Gasteiger partial charge >= 0.3 is 0 Å². The molecule has 0 fully saturated rings. The van der Waals surface area contributed by atoms with Gasteiger partial charge in [0.2, 0.25) is 5.91 Å². The Morgan fingerprint density at radius 1 is 1.00 bits per heavy atom. The molecule has 3 N–H and O–H groups in total. The van der Waals surface area contributed by atoms with Crippen molar-refractivity contribution in [2.24, 2.45) is 0 Å².